The molecule has 0 unspecified atom stereocenters. The van der Waals surface area contributed by atoms with Gasteiger partial charge in [-0.1, -0.05) is 12.1 Å². The first-order valence-electron chi connectivity index (χ1n) is 8.81. The Morgan fingerprint density at radius 3 is 2.92 bits per heavy atom. The van der Waals surface area contributed by atoms with E-state index in [4.69, 9.17) is 4.74 Å². The van der Waals surface area contributed by atoms with Crippen molar-refractivity contribution in [1.82, 2.24) is 9.38 Å². The minimum atomic E-state index is -0.390. The SMILES string of the molecule is Cc1cccc(C(=O)OCc2cc(=O)n3c4c(sc3n2)CCCC4)c1C. The third kappa shape index (κ3) is 2.94. The largest absolute Gasteiger partial charge is 0.456 e. The van der Waals surface area contributed by atoms with Crippen molar-refractivity contribution in [2.45, 2.75) is 46.1 Å². The number of esters is 1. The Labute approximate surface area is 155 Å². The third-order valence-corrected chi connectivity index (χ3v) is 6.13. The number of carbonyl (C=O) groups is 1. The molecule has 2 heterocycles. The van der Waals surface area contributed by atoms with Crippen LogP contribution in [-0.4, -0.2) is 15.4 Å². The highest BCUT2D eigenvalue weighted by Crippen LogP contribution is 2.28. The quantitative estimate of drug-likeness (QED) is 0.663. The van der Waals surface area contributed by atoms with Gasteiger partial charge in [-0.2, -0.15) is 0 Å². The van der Waals surface area contributed by atoms with Gasteiger partial charge in [-0.05, 0) is 56.7 Å². The zero-order valence-electron chi connectivity index (χ0n) is 14.9. The zero-order valence-corrected chi connectivity index (χ0v) is 15.7. The van der Waals surface area contributed by atoms with Crippen LogP contribution in [0.5, 0.6) is 0 Å². The summed E-state index contributed by atoms with van der Waals surface area (Å²) >= 11 is 1.57. The van der Waals surface area contributed by atoms with Crippen LogP contribution in [0.25, 0.3) is 4.96 Å². The van der Waals surface area contributed by atoms with Gasteiger partial charge >= 0.3 is 5.97 Å². The fraction of sp³-hybridized carbons (Fsp3) is 0.350. The van der Waals surface area contributed by atoms with Gasteiger partial charge in [0.25, 0.3) is 5.56 Å². The molecule has 1 aliphatic carbocycles. The van der Waals surface area contributed by atoms with E-state index in [2.05, 4.69) is 4.98 Å². The number of aryl methyl sites for hydroxylation is 3. The summed E-state index contributed by atoms with van der Waals surface area (Å²) < 4.78 is 7.13. The molecule has 134 valence electrons. The first-order chi connectivity index (χ1) is 12.5. The Bertz CT molecular complexity index is 1060. The summed E-state index contributed by atoms with van der Waals surface area (Å²) in [5, 5.41) is 0. The molecule has 6 heteroatoms. The van der Waals surface area contributed by atoms with E-state index in [1.165, 1.54) is 10.9 Å². The van der Waals surface area contributed by atoms with Crippen LogP contribution in [0.4, 0.5) is 0 Å². The monoisotopic (exact) mass is 368 g/mol. The summed E-state index contributed by atoms with van der Waals surface area (Å²) in [6.45, 7) is 3.86. The van der Waals surface area contributed by atoms with Crippen LogP contribution < -0.4 is 5.56 Å². The van der Waals surface area contributed by atoms with Crippen molar-refractivity contribution in [3.05, 3.63) is 67.6 Å². The Hall–Kier alpha value is -2.47. The molecule has 0 spiro atoms. The molecule has 1 aliphatic rings. The van der Waals surface area contributed by atoms with E-state index in [-0.39, 0.29) is 12.2 Å². The second kappa shape index (κ2) is 6.68. The number of nitrogens with zero attached hydrogens (tertiary/aromatic N) is 2. The van der Waals surface area contributed by atoms with Crippen LogP contribution in [-0.2, 0) is 24.2 Å². The highest BCUT2D eigenvalue weighted by Gasteiger charge is 2.19. The lowest BCUT2D eigenvalue weighted by Gasteiger charge is -2.10. The van der Waals surface area contributed by atoms with Gasteiger partial charge < -0.3 is 4.74 Å². The molecule has 0 saturated carbocycles. The van der Waals surface area contributed by atoms with Crippen molar-refractivity contribution in [3.63, 3.8) is 0 Å². The highest BCUT2D eigenvalue weighted by molar-refractivity contribution is 7.17. The first kappa shape index (κ1) is 17.0. The van der Waals surface area contributed by atoms with Gasteiger partial charge in [0.15, 0.2) is 4.96 Å². The molecule has 0 N–H and O–H groups in total. The number of ether oxygens (including phenoxy) is 1. The molecule has 0 radical (unpaired) electrons. The van der Waals surface area contributed by atoms with Crippen LogP contribution in [0.15, 0.2) is 29.1 Å². The zero-order chi connectivity index (χ0) is 18.3. The Morgan fingerprint density at radius 2 is 2.08 bits per heavy atom. The number of thiazole rings is 1. The smallest absolute Gasteiger partial charge is 0.338 e. The molecule has 0 aliphatic heterocycles. The summed E-state index contributed by atoms with van der Waals surface area (Å²) in [5.74, 6) is -0.390. The van der Waals surface area contributed by atoms with Gasteiger partial charge in [0.2, 0.25) is 0 Å². The van der Waals surface area contributed by atoms with Crippen molar-refractivity contribution in [2.75, 3.05) is 0 Å². The number of aromatic nitrogens is 2. The Kier molecular flexibility index (Phi) is 4.36. The lowest BCUT2D eigenvalue weighted by atomic mass is 10.0. The summed E-state index contributed by atoms with van der Waals surface area (Å²) in [6, 6.07) is 7.03. The van der Waals surface area contributed by atoms with E-state index in [0.29, 0.717) is 16.2 Å². The average Bonchev–Trinajstić information content (AvgIpc) is 3.01. The average molecular weight is 368 g/mol. The molecule has 2 aromatic heterocycles. The van der Waals surface area contributed by atoms with Crippen LogP contribution in [0.1, 0.15) is 50.6 Å². The van der Waals surface area contributed by atoms with Crippen LogP contribution in [0.2, 0.25) is 0 Å². The second-order valence-corrected chi connectivity index (χ2v) is 7.77. The first-order valence-corrected chi connectivity index (χ1v) is 9.63. The molecule has 0 atom stereocenters. The predicted octanol–water partition coefficient (Wildman–Crippen LogP) is 3.61. The second-order valence-electron chi connectivity index (χ2n) is 6.71. The summed E-state index contributed by atoms with van der Waals surface area (Å²) in [5.41, 5.74) is 4.01. The Morgan fingerprint density at radius 1 is 1.27 bits per heavy atom. The fourth-order valence-corrected chi connectivity index (χ4v) is 4.64. The van der Waals surface area contributed by atoms with Crippen molar-refractivity contribution in [2.24, 2.45) is 0 Å². The van der Waals surface area contributed by atoms with E-state index in [9.17, 15) is 9.59 Å². The number of carbonyl (C=O) groups excluding carboxylic acids is 1. The van der Waals surface area contributed by atoms with Crippen LogP contribution in [0, 0.1) is 13.8 Å². The van der Waals surface area contributed by atoms with E-state index < -0.39 is 5.97 Å². The molecular formula is C20H20N2O3S. The third-order valence-electron chi connectivity index (χ3n) is 4.99. The minimum absolute atomic E-state index is 0.000518. The minimum Gasteiger partial charge on any atom is -0.456 e. The molecule has 0 amide bonds. The number of rotatable bonds is 3. The fourth-order valence-electron chi connectivity index (χ4n) is 3.41. The van der Waals surface area contributed by atoms with Gasteiger partial charge in [-0.25, -0.2) is 9.78 Å². The molecule has 5 nitrogen and oxygen atoms in total. The highest BCUT2D eigenvalue weighted by atomic mass is 32.1. The maximum atomic E-state index is 12.5. The number of hydrogen-bond acceptors (Lipinski definition) is 5. The lowest BCUT2D eigenvalue weighted by Crippen LogP contribution is -2.18. The van der Waals surface area contributed by atoms with E-state index in [0.717, 1.165) is 42.5 Å². The van der Waals surface area contributed by atoms with Gasteiger partial charge in [-0.15, -0.1) is 11.3 Å². The number of fused-ring (bicyclic) bond motifs is 3. The summed E-state index contributed by atoms with van der Waals surface area (Å²) in [6.07, 6.45) is 4.22. The molecule has 0 fully saturated rings. The van der Waals surface area contributed by atoms with Crippen molar-refractivity contribution >= 4 is 22.3 Å². The van der Waals surface area contributed by atoms with Crippen molar-refractivity contribution in [3.8, 4) is 0 Å². The van der Waals surface area contributed by atoms with Gasteiger partial charge in [-0.3, -0.25) is 9.20 Å². The summed E-state index contributed by atoms with van der Waals surface area (Å²) in [7, 11) is 0. The topological polar surface area (TPSA) is 60.7 Å². The Balaban J connectivity index is 1.59. The molecule has 3 aromatic rings. The van der Waals surface area contributed by atoms with Crippen LogP contribution in [0.3, 0.4) is 0 Å². The van der Waals surface area contributed by atoms with Crippen LogP contribution >= 0.6 is 11.3 Å². The van der Waals surface area contributed by atoms with Gasteiger partial charge in [0.05, 0.1) is 11.3 Å². The van der Waals surface area contributed by atoms with E-state index >= 15 is 0 Å². The van der Waals surface area contributed by atoms with Crippen molar-refractivity contribution < 1.29 is 9.53 Å². The molecular weight excluding hydrogens is 348 g/mol. The maximum absolute atomic E-state index is 12.5. The standard InChI is InChI=1S/C20H20N2O3S/c1-12-6-5-7-15(13(12)2)19(24)25-11-14-10-18(23)22-16-8-3-4-9-17(16)26-20(22)21-14/h5-7,10H,3-4,8-9,11H2,1-2H3. The molecule has 0 saturated heterocycles. The normalized spacial score (nSPS) is 13.6. The van der Waals surface area contributed by atoms with Crippen molar-refractivity contribution in [1.29, 1.82) is 0 Å². The molecule has 4 rings (SSSR count). The number of hydrogen-bond donors (Lipinski definition) is 0. The molecule has 26 heavy (non-hydrogen) atoms. The summed E-state index contributed by atoms with van der Waals surface area (Å²) in [4.78, 5) is 31.4. The van der Waals surface area contributed by atoms with E-state index in [1.54, 1.807) is 21.8 Å². The predicted molar refractivity (Wildman–Crippen MR) is 101 cm³/mol. The lowest BCUT2D eigenvalue weighted by molar-refractivity contribution is 0.0467. The van der Waals surface area contributed by atoms with Gasteiger partial charge in [0, 0.05) is 16.6 Å². The van der Waals surface area contributed by atoms with Gasteiger partial charge in [0.1, 0.15) is 6.61 Å². The maximum Gasteiger partial charge on any atom is 0.338 e. The van der Waals surface area contributed by atoms with E-state index in [1.807, 2.05) is 26.0 Å². The molecule has 1 aromatic carbocycles. The number of benzene rings is 1. The molecule has 0 bridgehead atoms.